The van der Waals surface area contributed by atoms with Gasteiger partial charge in [-0.1, -0.05) is 12.1 Å². The highest BCUT2D eigenvalue weighted by molar-refractivity contribution is 7.07. The van der Waals surface area contributed by atoms with Crippen molar-refractivity contribution in [3.63, 3.8) is 0 Å². The van der Waals surface area contributed by atoms with Gasteiger partial charge in [0.05, 0.1) is 11.3 Å². The summed E-state index contributed by atoms with van der Waals surface area (Å²) in [6.07, 6.45) is 2.79. The molecular weight excluding hydrogens is 352 g/mol. The Morgan fingerprint density at radius 1 is 1.15 bits per heavy atom. The van der Waals surface area contributed by atoms with E-state index < -0.39 is 11.9 Å². The number of aryl methyl sites for hydroxylation is 1. The van der Waals surface area contributed by atoms with Crippen LogP contribution < -0.4 is 10.6 Å². The van der Waals surface area contributed by atoms with Crippen LogP contribution in [0.3, 0.4) is 0 Å². The van der Waals surface area contributed by atoms with Crippen molar-refractivity contribution < 1.29 is 19.1 Å². The number of thiophene rings is 1. The summed E-state index contributed by atoms with van der Waals surface area (Å²) in [4.78, 5) is 36.0. The molecule has 0 aliphatic heterocycles. The van der Waals surface area contributed by atoms with Crippen LogP contribution in [-0.2, 0) is 20.7 Å². The summed E-state index contributed by atoms with van der Waals surface area (Å²) >= 11 is 1.57. The van der Waals surface area contributed by atoms with Gasteiger partial charge in [0.2, 0.25) is 0 Å². The Bertz CT molecular complexity index is 785. The smallest absolute Gasteiger partial charge is 0.306 e. The van der Waals surface area contributed by atoms with Gasteiger partial charge in [0.15, 0.2) is 6.61 Å². The molecule has 7 heteroatoms. The third-order valence-corrected chi connectivity index (χ3v) is 4.65. The van der Waals surface area contributed by atoms with E-state index in [1.165, 1.54) is 0 Å². The summed E-state index contributed by atoms with van der Waals surface area (Å²) in [6.45, 7) is -0.374. The average molecular weight is 372 g/mol. The summed E-state index contributed by atoms with van der Waals surface area (Å²) in [6, 6.07) is 8.96. The maximum absolute atomic E-state index is 12.2. The number of esters is 1. The minimum Gasteiger partial charge on any atom is -0.456 e. The van der Waals surface area contributed by atoms with Crippen LogP contribution in [0, 0.1) is 0 Å². The van der Waals surface area contributed by atoms with Crippen molar-refractivity contribution in [1.82, 2.24) is 5.32 Å². The van der Waals surface area contributed by atoms with Crippen LogP contribution in [0.5, 0.6) is 0 Å². The van der Waals surface area contributed by atoms with Crippen molar-refractivity contribution in [3.05, 3.63) is 52.2 Å². The number of hydrogen-bond acceptors (Lipinski definition) is 5. The highest BCUT2D eigenvalue weighted by Crippen LogP contribution is 2.21. The molecule has 3 rings (SSSR count). The number of benzene rings is 1. The molecule has 1 heterocycles. The first-order valence-corrected chi connectivity index (χ1v) is 9.42. The Hall–Kier alpha value is -2.67. The van der Waals surface area contributed by atoms with E-state index in [4.69, 9.17) is 4.74 Å². The van der Waals surface area contributed by atoms with Gasteiger partial charge >= 0.3 is 5.97 Å². The molecule has 0 spiro atoms. The second-order valence-corrected chi connectivity index (χ2v) is 6.91. The van der Waals surface area contributed by atoms with Crippen molar-refractivity contribution >= 4 is 34.8 Å². The van der Waals surface area contributed by atoms with Crippen LogP contribution in [0.4, 0.5) is 5.69 Å². The molecular formula is C19H20N2O4S. The molecule has 1 aliphatic rings. The average Bonchev–Trinajstić information content (AvgIpc) is 3.29. The summed E-state index contributed by atoms with van der Waals surface area (Å²) < 4.78 is 5.00. The molecule has 26 heavy (non-hydrogen) atoms. The number of amides is 2. The third-order valence-electron chi connectivity index (χ3n) is 3.92. The second kappa shape index (κ2) is 8.62. The van der Waals surface area contributed by atoms with Crippen LogP contribution in [0.2, 0.25) is 0 Å². The van der Waals surface area contributed by atoms with E-state index >= 15 is 0 Å². The van der Waals surface area contributed by atoms with Crippen LogP contribution in [0.1, 0.15) is 35.2 Å². The number of para-hydroxylation sites is 1. The van der Waals surface area contributed by atoms with Crippen LogP contribution in [0.15, 0.2) is 41.1 Å². The van der Waals surface area contributed by atoms with Gasteiger partial charge in [-0.25, -0.2) is 0 Å². The summed E-state index contributed by atoms with van der Waals surface area (Å²) in [5.41, 5.74) is 1.88. The minimum absolute atomic E-state index is 0.212. The highest BCUT2D eigenvalue weighted by atomic mass is 32.1. The summed E-state index contributed by atoms with van der Waals surface area (Å²) in [5.74, 6) is -1.11. The van der Waals surface area contributed by atoms with E-state index in [-0.39, 0.29) is 25.0 Å². The van der Waals surface area contributed by atoms with E-state index in [0.29, 0.717) is 17.7 Å². The van der Waals surface area contributed by atoms with Crippen LogP contribution >= 0.6 is 11.3 Å². The summed E-state index contributed by atoms with van der Waals surface area (Å²) in [5, 5.41) is 9.45. The summed E-state index contributed by atoms with van der Waals surface area (Å²) in [7, 11) is 0. The molecule has 6 nitrogen and oxygen atoms in total. The van der Waals surface area contributed by atoms with Crippen molar-refractivity contribution in [2.75, 3.05) is 11.9 Å². The Morgan fingerprint density at radius 2 is 1.96 bits per heavy atom. The largest absolute Gasteiger partial charge is 0.456 e. The number of carbonyl (C=O) groups is 3. The standard InChI is InChI=1S/C19H20N2O4S/c22-17(11-25-18(23)8-5-13-9-10-26-12-13)21-16-4-2-1-3-15(16)19(24)20-14-6-7-14/h1-4,9-10,12,14H,5-8,11H2,(H,20,24)(H,21,22). The lowest BCUT2D eigenvalue weighted by Crippen LogP contribution is -2.28. The van der Waals surface area contributed by atoms with Gasteiger partial charge in [-0.2, -0.15) is 11.3 Å². The van der Waals surface area contributed by atoms with E-state index in [9.17, 15) is 14.4 Å². The maximum atomic E-state index is 12.2. The highest BCUT2D eigenvalue weighted by Gasteiger charge is 2.25. The third kappa shape index (κ3) is 5.42. The topological polar surface area (TPSA) is 84.5 Å². The predicted octanol–water partition coefficient (Wildman–Crippen LogP) is 2.75. The van der Waals surface area contributed by atoms with E-state index in [0.717, 1.165) is 18.4 Å². The van der Waals surface area contributed by atoms with Gasteiger partial charge in [-0.15, -0.1) is 0 Å². The maximum Gasteiger partial charge on any atom is 0.306 e. The quantitative estimate of drug-likeness (QED) is 0.698. The molecule has 0 atom stereocenters. The normalized spacial score (nSPS) is 13.1. The Morgan fingerprint density at radius 3 is 2.69 bits per heavy atom. The Kier molecular flexibility index (Phi) is 6.01. The molecule has 136 valence electrons. The van der Waals surface area contributed by atoms with Gasteiger partial charge in [-0.3, -0.25) is 14.4 Å². The Balaban J connectivity index is 1.47. The van der Waals surface area contributed by atoms with E-state index in [1.807, 2.05) is 16.8 Å². The molecule has 2 amide bonds. The number of hydrogen-bond donors (Lipinski definition) is 2. The SMILES string of the molecule is O=C(COC(=O)CCc1ccsc1)Nc1ccccc1C(=O)NC1CC1. The van der Waals surface area contributed by atoms with Gasteiger partial charge in [0.1, 0.15) is 0 Å². The molecule has 1 aromatic carbocycles. The zero-order valence-corrected chi connectivity index (χ0v) is 15.0. The number of carbonyl (C=O) groups excluding carboxylic acids is 3. The van der Waals surface area contributed by atoms with Gasteiger partial charge in [-0.05, 0) is 53.8 Å². The van der Waals surface area contributed by atoms with Crippen LogP contribution in [0.25, 0.3) is 0 Å². The van der Waals surface area contributed by atoms with Crippen molar-refractivity contribution in [1.29, 1.82) is 0 Å². The van der Waals surface area contributed by atoms with E-state index in [1.54, 1.807) is 35.6 Å². The molecule has 1 saturated carbocycles. The molecule has 2 aromatic rings. The molecule has 1 fully saturated rings. The molecule has 2 N–H and O–H groups in total. The molecule has 0 unspecified atom stereocenters. The number of rotatable bonds is 8. The number of ether oxygens (including phenoxy) is 1. The van der Waals surface area contributed by atoms with Gasteiger partial charge < -0.3 is 15.4 Å². The van der Waals surface area contributed by atoms with Gasteiger partial charge in [0.25, 0.3) is 11.8 Å². The first-order valence-electron chi connectivity index (χ1n) is 8.48. The number of nitrogens with one attached hydrogen (secondary N) is 2. The van der Waals surface area contributed by atoms with Gasteiger partial charge in [0, 0.05) is 12.5 Å². The molecule has 1 aliphatic carbocycles. The molecule has 0 radical (unpaired) electrons. The number of anilines is 1. The zero-order valence-electron chi connectivity index (χ0n) is 14.2. The first kappa shape index (κ1) is 18.1. The second-order valence-electron chi connectivity index (χ2n) is 6.13. The zero-order chi connectivity index (χ0) is 18.4. The lowest BCUT2D eigenvalue weighted by molar-refractivity contribution is -0.147. The van der Waals surface area contributed by atoms with E-state index in [2.05, 4.69) is 10.6 Å². The predicted molar refractivity (Wildman–Crippen MR) is 99.2 cm³/mol. The fourth-order valence-corrected chi connectivity index (χ4v) is 3.07. The lowest BCUT2D eigenvalue weighted by Gasteiger charge is -2.11. The lowest BCUT2D eigenvalue weighted by atomic mass is 10.1. The molecule has 0 bridgehead atoms. The minimum atomic E-state index is -0.472. The first-order chi connectivity index (χ1) is 12.6. The molecule has 1 aromatic heterocycles. The van der Waals surface area contributed by atoms with Crippen molar-refractivity contribution in [2.45, 2.75) is 31.7 Å². The van der Waals surface area contributed by atoms with Crippen LogP contribution in [-0.4, -0.2) is 30.4 Å². The fourth-order valence-electron chi connectivity index (χ4n) is 2.37. The Labute approximate surface area is 155 Å². The van der Waals surface area contributed by atoms with Crippen molar-refractivity contribution in [2.24, 2.45) is 0 Å². The fraction of sp³-hybridized carbons (Fsp3) is 0.316. The van der Waals surface area contributed by atoms with Crippen molar-refractivity contribution in [3.8, 4) is 0 Å². The molecule has 0 saturated heterocycles. The monoisotopic (exact) mass is 372 g/mol.